The molecule has 0 spiro atoms. The van der Waals surface area contributed by atoms with Crippen molar-refractivity contribution in [2.45, 2.75) is 30.6 Å². The van der Waals surface area contributed by atoms with Gasteiger partial charge in [0.05, 0.1) is 11.5 Å². The quantitative estimate of drug-likeness (QED) is 0.313. The molecule has 10 heteroatoms. The summed E-state index contributed by atoms with van der Waals surface area (Å²) in [6.07, 6.45) is 2.42. The molecule has 0 aromatic heterocycles. The van der Waals surface area contributed by atoms with Crippen LogP contribution >= 0.6 is 15.9 Å². The molecule has 0 aliphatic carbocycles. The number of hydrogen-bond donors (Lipinski definition) is 2. The predicted octanol–water partition coefficient (Wildman–Crippen LogP) is 2.13. The molecule has 0 saturated carbocycles. The minimum Gasteiger partial charge on any atom is -0.434 e. The van der Waals surface area contributed by atoms with Gasteiger partial charge in [0, 0.05) is 28.0 Å². The Morgan fingerprint density at radius 1 is 1.07 bits per heavy atom. The van der Waals surface area contributed by atoms with Crippen LogP contribution in [0.5, 0.6) is 0 Å². The Hall–Kier alpha value is -2.09. The van der Waals surface area contributed by atoms with Gasteiger partial charge in [-0.15, -0.1) is 0 Å². The van der Waals surface area contributed by atoms with E-state index in [-0.39, 0.29) is 24.0 Å². The number of amides is 1. The van der Waals surface area contributed by atoms with Gasteiger partial charge >= 0.3 is 6.16 Å². The first-order valence-corrected chi connectivity index (χ1v) is 10.5. The molecule has 1 aromatic carbocycles. The third-order valence-corrected chi connectivity index (χ3v) is 4.56. The second-order valence-electron chi connectivity index (χ2n) is 5.40. The summed E-state index contributed by atoms with van der Waals surface area (Å²) in [5.74, 6) is 2.23. The van der Waals surface area contributed by atoms with E-state index in [1.165, 1.54) is 24.3 Å². The Labute approximate surface area is 167 Å². The minimum atomic E-state index is -3.77. The van der Waals surface area contributed by atoms with Crippen LogP contribution in [0, 0.1) is 10.8 Å². The summed E-state index contributed by atoms with van der Waals surface area (Å²) >= 11 is 2.88. The Bertz CT molecular complexity index is 784. The maximum atomic E-state index is 11.9. The van der Waals surface area contributed by atoms with Crippen molar-refractivity contribution in [1.29, 1.82) is 0 Å². The molecular formula is C17H21BrN2O6S. The Kier molecular flexibility index (Phi) is 10.5. The number of rotatable bonds is 10. The van der Waals surface area contributed by atoms with Crippen molar-refractivity contribution in [1.82, 2.24) is 5.32 Å². The van der Waals surface area contributed by atoms with E-state index >= 15 is 0 Å². The van der Waals surface area contributed by atoms with Crippen LogP contribution in [0.3, 0.4) is 0 Å². The van der Waals surface area contributed by atoms with E-state index in [0.717, 1.165) is 19.3 Å². The zero-order valence-corrected chi connectivity index (χ0v) is 17.0. The lowest BCUT2D eigenvalue weighted by molar-refractivity contribution is 0.0632. The fraction of sp³-hybridized carbons (Fsp3) is 0.412. The lowest BCUT2D eigenvalue weighted by Gasteiger charge is -2.06. The Morgan fingerprint density at radius 2 is 1.74 bits per heavy atom. The number of primary sulfonamides is 1. The number of nitrogens with one attached hydrogen (secondary N) is 1. The van der Waals surface area contributed by atoms with E-state index in [9.17, 15) is 18.0 Å². The summed E-state index contributed by atoms with van der Waals surface area (Å²) in [4.78, 5) is 25.4. The van der Waals surface area contributed by atoms with Crippen molar-refractivity contribution >= 4 is 38.0 Å². The second kappa shape index (κ2) is 12.3. The molecule has 8 nitrogen and oxygen atoms in total. The van der Waals surface area contributed by atoms with Gasteiger partial charge in [0.15, 0.2) is 6.61 Å². The van der Waals surface area contributed by atoms with Crippen molar-refractivity contribution < 1.29 is 27.5 Å². The standard InChI is InChI=1S/C17H21BrN2O6S/c18-10-5-13-26-17(22)25-12-4-2-1-3-11-20-16(21)14-6-8-15(9-7-14)27(19,23)24/h6-9H,1-4,11-13H2,(H,20,21)(H2,19,23,24). The lowest BCUT2D eigenvalue weighted by Crippen LogP contribution is -2.24. The maximum absolute atomic E-state index is 11.9. The Morgan fingerprint density at radius 3 is 2.37 bits per heavy atom. The predicted molar refractivity (Wildman–Crippen MR) is 103 cm³/mol. The fourth-order valence-electron chi connectivity index (χ4n) is 2.00. The largest absolute Gasteiger partial charge is 0.509 e. The van der Waals surface area contributed by atoms with Crippen LogP contribution in [0.4, 0.5) is 4.79 Å². The van der Waals surface area contributed by atoms with E-state index < -0.39 is 16.2 Å². The highest BCUT2D eigenvalue weighted by atomic mass is 79.9. The number of unbranched alkanes of at least 4 members (excludes halogenated alkanes) is 3. The van der Waals surface area contributed by atoms with Crippen LogP contribution in [-0.4, -0.2) is 40.2 Å². The van der Waals surface area contributed by atoms with Crippen LogP contribution in [0.15, 0.2) is 29.2 Å². The summed E-state index contributed by atoms with van der Waals surface area (Å²) in [7, 11) is -3.77. The van der Waals surface area contributed by atoms with E-state index in [1.54, 1.807) is 0 Å². The second-order valence-corrected chi connectivity index (χ2v) is 7.36. The molecule has 1 aromatic rings. The lowest BCUT2D eigenvalue weighted by atomic mass is 10.2. The molecular weight excluding hydrogens is 440 g/mol. The van der Waals surface area contributed by atoms with Gasteiger partial charge in [-0.2, -0.15) is 0 Å². The van der Waals surface area contributed by atoms with Gasteiger partial charge in [-0.05, 0) is 54.3 Å². The third-order valence-electron chi connectivity index (χ3n) is 3.35. The summed E-state index contributed by atoms with van der Waals surface area (Å²) < 4.78 is 31.9. The Balaban J connectivity index is 2.11. The fourth-order valence-corrected chi connectivity index (χ4v) is 2.63. The van der Waals surface area contributed by atoms with Gasteiger partial charge < -0.3 is 14.8 Å². The van der Waals surface area contributed by atoms with Gasteiger partial charge in [0.25, 0.3) is 5.91 Å². The van der Waals surface area contributed by atoms with Crippen LogP contribution in [0.2, 0.25) is 0 Å². The number of benzene rings is 1. The average Bonchev–Trinajstić information content (AvgIpc) is 2.63. The molecule has 0 atom stereocenters. The van der Waals surface area contributed by atoms with Crippen LogP contribution in [0.1, 0.15) is 36.0 Å². The summed E-state index contributed by atoms with van der Waals surface area (Å²) in [5.41, 5.74) is 0.360. The molecule has 148 valence electrons. The molecule has 0 heterocycles. The first-order valence-electron chi connectivity index (χ1n) is 8.13. The molecule has 0 radical (unpaired) electrons. The van der Waals surface area contributed by atoms with Crippen molar-refractivity contribution in [2.24, 2.45) is 5.14 Å². The molecule has 1 amide bonds. The molecule has 3 N–H and O–H groups in total. The highest BCUT2D eigenvalue weighted by Gasteiger charge is 2.09. The highest BCUT2D eigenvalue weighted by Crippen LogP contribution is 2.08. The van der Waals surface area contributed by atoms with E-state index in [1.807, 2.05) is 0 Å². The molecule has 0 aliphatic rings. The summed E-state index contributed by atoms with van der Waals surface area (Å²) in [6.45, 7) is 0.738. The molecule has 0 unspecified atom stereocenters. The van der Waals surface area contributed by atoms with E-state index in [2.05, 4.69) is 36.7 Å². The van der Waals surface area contributed by atoms with E-state index in [0.29, 0.717) is 18.5 Å². The minimum absolute atomic E-state index is 0.0193. The van der Waals surface area contributed by atoms with Gasteiger partial charge in [-0.25, -0.2) is 18.4 Å². The number of sulfonamides is 1. The van der Waals surface area contributed by atoms with Gasteiger partial charge in [-0.1, -0.05) is 6.42 Å². The highest BCUT2D eigenvalue weighted by molar-refractivity contribution is 9.12. The third kappa shape index (κ3) is 9.98. The number of halogens is 1. The van der Waals surface area contributed by atoms with Crippen LogP contribution in [0.25, 0.3) is 0 Å². The number of hydrogen-bond acceptors (Lipinski definition) is 6. The normalized spacial score (nSPS) is 10.4. The number of ether oxygens (including phenoxy) is 2. The molecule has 0 saturated heterocycles. The first-order chi connectivity index (χ1) is 12.8. The van der Waals surface area contributed by atoms with Crippen molar-refractivity contribution in [3.8, 4) is 10.8 Å². The molecule has 1 rings (SSSR count). The SMILES string of the molecule is NS(=O)(=O)c1ccc(C(=O)NCCCCCCOC(=O)OCC#CBr)cc1. The molecule has 0 fully saturated rings. The van der Waals surface area contributed by atoms with Gasteiger partial charge in [0.1, 0.15) is 0 Å². The topological polar surface area (TPSA) is 125 Å². The number of carbonyl (C=O) groups is 2. The number of nitrogens with two attached hydrogens (primary N) is 1. The summed E-state index contributed by atoms with van der Waals surface area (Å²) in [6, 6.07) is 5.41. The average molecular weight is 461 g/mol. The molecule has 27 heavy (non-hydrogen) atoms. The van der Waals surface area contributed by atoms with Gasteiger partial charge in [-0.3, -0.25) is 4.79 Å². The van der Waals surface area contributed by atoms with Gasteiger partial charge in [0.2, 0.25) is 10.0 Å². The maximum Gasteiger partial charge on any atom is 0.509 e. The number of carbonyl (C=O) groups excluding carboxylic acids is 2. The monoisotopic (exact) mass is 460 g/mol. The zero-order valence-electron chi connectivity index (χ0n) is 14.6. The van der Waals surface area contributed by atoms with Crippen molar-refractivity contribution in [3.05, 3.63) is 29.8 Å². The zero-order chi connectivity index (χ0) is 20.1. The summed E-state index contributed by atoms with van der Waals surface area (Å²) in [5, 5.41) is 7.76. The van der Waals surface area contributed by atoms with Crippen LogP contribution in [-0.2, 0) is 19.5 Å². The van der Waals surface area contributed by atoms with Crippen molar-refractivity contribution in [2.75, 3.05) is 19.8 Å². The van der Waals surface area contributed by atoms with Crippen molar-refractivity contribution in [3.63, 3.8) is 0 Å². The smallest absolute Gasteiger partial charge is 0.434 e. The molecule has 0 aliphatic heterocycles. The van der Waals surface area contributed by atoms with E-state index in [4.69, 9.17) is 9.88 Å². The van der Waals surface area contributed by atoms with Crippen LogP contribution < -0.4 is 10.5 Å². The first kappa shape index (κ1) is 23.0. The molecule has 0 bridgehead atoms.